The van der Waals surface area contributed by atoms with E-state index in [1.807, 2.05) is 24.3 Å². The van der Waals surface area contributed by atoms with Gasteiger partial charge in [-0.1, -0.05) is 66.7 Å². The highest BCUT2D eigenvalue weighted by Gasteiger charge is 2.05. The third-order valence-electron chi connectivity index (χ3n) is 2.81. The van der Waals surface area contributed by atoms with Crippen LogP contribution < -0.4 is 0 Å². The van der Waals surface area contributed by atoms with Gasteiger partial charge in [-0.2, -0.15) is 0 Å². The zero-order valence-corrected chi connectivity index (χ0v) is 13.4. The second kappa shape index (κ2) is 9.62. The molecule has 0 aliphatic carbocycles. The van der Waals surface area contributed by atoms with Crippen molar-refractivity contribution < 1.29 is 4.79 Å². The maximum Gasteiger partial charge on any atom is 0.219 e. The van der Waals surface area contributed by atoms with Crippen LogP contribution in [0, 0.1) is 0 Å². The molecule has 0 aliphatic rings. The van der Waals surface area contributed by atoms with Gasteiger partial charge < -0.3 is 0 Å². The maximum absolute atomic E-state index is 11.8. The average Bonchev–Trinajstić information content (AvgIpc) is 2.38. The van der Waals surface area contributed by atoms with Gasteiger partial charge in [-0.05, 0) is 30.7 Å². The third kappa shape index (κ3) is 6.60. The molecule has 1 aromatic rings. The second-order valence-electron chi connectivity index (χ2n) is 4.41. The van der Waals surface area contributed by atoms with Gasteiger partial charge >= 0.3 is 0 Å². The van der Waals surface area contributed by atoms with Gasteiger partial charge in [0.2, 0.25) is 5.12 Å². The van der Waals surface area contributed by atoms with Crippen LogP contribution in [0.4, 0.5) is 0 Å². The Bertz CT molecular complexity index is 348. The lowest BCUT2D eigenvalue weighted by molar-refractivity contribution is 0.108. The minimum Gasteiger partial charge on any atom is -0.282 e. The summed E-state index contributed by atoms with van der Waals surface area (Å²) in [6.45, 7) is 2.23. The van der Waals surface area contributed by atoms with E-state index in [9.17, 15) is 4.79 Å². The number of thioether (sulfide) groups is 1. The molecule has 0 radical (unpaired) electrons. The molecule has 0 fully saturated rings. The molecule has 0 aromatic heterocycles. The summed E-state index contributed by atoms with van der Waals surface area (Å²) >= 11 is 4.82. The second-order valence-corrected chi connectivity index (χ2v) is 6.39. The highest BCUT2D eigenvalue weighted by atomic mass is 79.9. The van der Waals surface area contributed by atoms with Crippen molar-refractivity contribution in [2.45, 2.75) is 45.4 Å². The van der Waals surface area contributed by atoms with E-state index in [-0.39, 0.29) is 5.12 Å². The summed E-state index contributed by atoms with van der Waals surface area (Å²) in [7, 11) is 0. The van der Waals surface area contributed by atoms with Crippen LogP contribution >= 0.6 is 27.7 Å². The van der Waals surface area contributed by atoms with Crippen LogP contribution in [0.1, 0.15) is 55.8 Å². The van der Waals surface area contributed by atoms with Crippen LogP contribution in [-0.2, 0) is 0 Å². The molecule has 100 valence electrons. The highest BCUT2D eigenvalue weighted by molar-refractivity contribution is 9.10. The number of carbonyl (C=O) groups is 1. The van der Waals surface area contributed by atoms with E-state index < -0.39 is 0 Å². The standard InChI is InChI=1S/C15H21BrOS/c1-2-3-4-5-6-7-12-18-15(17)13-8-10-14(16)11-9-13/h8-11H,2-7,12H2,1H3. The monoisotopic (exact) mass is 328 g/mol. The summed E-state index contributed by atoms with van der Waals surface area (Å²) < 4.78 is 1.01. The number of unbranched alkanes of at least 4 members (excludes halogenated alkanes) is 5. The summed E-state index contributed by atoms with van der Waals surface area (Å²) in [5.41, 5.74) is 0.800. The van der Waals surface area contributed by atoms with Crippen molar-refractivity contribution >= 4 is 32.8 Å². The highest BCUT2D eigenvalue weighted by Crippen LogP contribution is 2.17. The Balaban J connectivity index is 2.12. The first-order chi connectivity index (χ1) is 8.74. The molecule has 0 N–H and O–H groups in total. The van der Waals surface area contributed by atoms with Crippen LogP contribution in [0.2, 0.25) is 0 Å². The Morgan fingerprint density at radius 2 is 1.67 bits per heavy atom. The fraction of sp³-hybridized carbons (Fsp3) is 0.533. The molecule has 0 bridgehead atoms. The van der Waals surface area contributed by atoms with Gasteiger partial charge in [0.05, 0.1) is 0 Å². The van der Waals surface area contributed by atoms with E-state index in [0.717, 1.165) is 22.2 Å². The minimum absolute atomic E-state index is 0.191. The summed E-state index contributed by atoms with van der Waals surface area (Å²) in [6.07, 6.45) is 7.67. The van der Waals surface area contributed by atoms with Crippen LogP contribution in [0.15, 0.2) is 28.7 Å². The van der Waals surface area contributed by atoms with Crippen molar-refractivity contribution in [2.75, 3.05) is 5.75 Å². The lowest BCUT2D eigenvalue weighted by Crippen LogP contribution is -1.94. The first kappa shape index (κ1) is 15.8. The van der Waals surface area contributed by atoms with Gasteiger partial charge in [-0.25, -0.2) is 0 Å². The predicted molar refractivity (Wildman–Crippen MR) is 84.3 cm³/mol. The number of hydrogen-bond donors (Lipinski definition) is 0. The maximum atomic E-state index is 11.8. The fourth-order valence-corrected chi connectivity index (χ4v) is 2.82. The van der Waals surface area contributed by atoms with E-state index in [1.165, 1.54) is 43.9 Å². The SMILES string of the molecule is CCCCCCCCSC(=O)c1ccc(Br)cc1. The Morgan fingerprint density at radius 1 is 1.06 bits per heavy atom. The summed E-state index contributed by atoms with van der Waals surface area (Å²) in [5.74, 6) is 0.945. The van der Waals surface area contributed by atoms with E-state index in [2.05, 4.69) is 22.9 Å². The molecule has 0 aliphatic heterocycles. The summed E-state index contributed by atoms with van der Waals surface area (Å²) in [6, 6.07) is 7.58. The predicted octanol–water partition coefficient (Wildman–Crippen LogP) is 5.68. The molecule has 3 heteroatoms. The first-order valence-corrected chi connectivity index (χ1v) is 8.44. The Kier molecular flexibility index (Phi) is 8.44. The Hall–Kier alpha value is -0.280. The van der Waals surface area contributed by atoms with Gasteiger partial charge in [0.15, 0.2) is 0 Å². The largest absolute Gasteiger partial charge is 0.282 e. The fourth-order valence-electron chi connectivity index (χ4n) is 1.72. The van der Waals surface area contributed by atoms with Crippen molar-refractivity contribution in [1.29, 1.82) is 0 Å². The molecule has 1 nitrogen and oxygen atoms in total. The number of carbonyl (C=O) groups excluding carboxylic acids is 1. The van der Waals surface area contributed by atoms with Crippen molar-refractivity contribution in [2.24, 2.45) is 0 Å². The molecule has 0 unspecified atom stereocenters. The number of hydrogen-bond acceptors (Lipinski definition) is 2. The lowest BCUT2D eigenvalue weighted by atomic mass is 10.1. The molecule has 0 saturated carbocycles. The van der Waals surface area contributed by atoms with Crippen molar-refractivity contribution in [3.8, 4) is 0 Å². The average molecular weight is 329 g/mol. The molecular weight excluding hydrogens is 308 g/mol. The van der Waals surface area contributed by atoms with Crippen molar-refractivity contribution in [1.82, 2.24) is 0 Å². The molecule has 0 amide bonds. The third-order valence-corrected chi connectivity index (χ3v) is 4.33. The van der Waals surface area contributed by atoms with Crippen LogP contribution in [-0.4, -0.2) is 10.9 Å². The molecule has 0 saturated heterocycles. The molecule has 1 rings (SSSR count). The van der Waals surface area contributed by atoms with Gasteiger partial charge in [-0.15, -0.1) is 0 Å². The minimum atomic E-state index is 0.191. The van der Waals surface area contributed by atoms with Gasteiger partial charge in [0.1, 0.15) is 0 Å². The van der Waals surface area contributed by atoms with Gasteiger partial charge in [0.25, 0.3) is 0 Å². The lowest BCUT2D eigenvalue weighted by Gasteiger charge is -2.02. The van der Waals surface area contributed by atoms with E-state index >= 15 is 0 Å². The zero-order valence-electron chi connectivity index (χ0n) is 11.0. The molecule has 0 atom stereocenters. The van der Waals surface area contributed by atoms with E-state index in [4.69, 9.17) is 0 Å². The normalized spacial score (nSPS) is 10.6. The molecule has 18 heavy (non-hydrogen) atoms. The molecule has 0 heterocycles. The molecular formula is C15H21BrOS. The van der Waals surface area contributed by atoms with Crippen LogP contribution in [0.25, 0.3) is 0 Å². The van der Waals surface area contributed by atoms with Crippen molar-refractivity contribution in [3.05, 3.63) is 34.3 Å². The molecule has 1 aromatic carbocycles. The topological polar surface area (TPSA) is 17.1 Å². The van der Waals surface area contributed by atoms with Crippen molar-refractivity contribution in [3.63, 3.8) is 0 Å². The van der Waals surface area contributed by atoms with Crippen LogP contribution in [0.3, 0.4) is 0 Å². The number of benzene rings is 1. The quantitative estimate of drug-likeness (QED) is 0.571. The smallest absolute Gasteiger partial charge is 0.219 e. The summed E-state index contributed by atoms with van der Waals surface area (Å²) in [4.78, 5) is 11.8. The number of halogens is 1. The van der Waals surface area contributed by atoms with Gasteiger partial charge in [0, 0.05) is 15.8 Å². The summed E-state index contributed by atoms with van der Waals surface area (Å²) in [5, 5.41) is 0.191. The Morgan fingerprint density at radius 3 is 2.33 bits per heavy atom. The van der Waals surface area contributed by atoms with E-state index in [1.54, 1.807) is 0 Å². The number of rotatable bonds is 8. The zero-order chi connectivity index (χ0) is 13.2. The first-order valence-electron chi connectivity index (χ1n) is 6.66. The van der Waals surface area contributed by atoms with Gasteiger partial charge in [-0.3, -0.25) is 4.79 Å². The van der Waals surface area contributed by atoms with E-state index in [0.29, 0.717) is 0 Å². The van der Waals surface area contributed by atoms with Crippen LogP contribution in [0.5, 0.6) is 0 Å². The molecule has 0 spiro atoms. The Labute approximate surface area is 123 Å².